The van der Waals surface area contributed by atoms with E-state index in [0.29, 0.717) is 5.69 Å². The molecule has 0 aliphatic rings. The highest BCUT2D eigenvalue weighted by Crippen LogP contribution is 2.19. The molecule has 0 saturated heterocycles. The van der Waals surface area contributed by atoms with Crippen LogP contribution in [0.5, 0.6) is 0 Å². The van der Waals surface area contributed by atoms with Crippen molar-refractivity contribution in [1.29, 1.82) is 0 Å². The number of carbonyl (C=O) groups excluding carboxylic acids is 1. The van der Waals surface area contributed by atoms with E-state index in [1.807, 2.05) is 24.3 Å². The van der Waals surface area contributed by atoms with Crippen LogP contribution < -0.4 is 10.6 Å². The highest BCUT2D eigenvalue weighted by Gasteiger charge is 2.02. The van der Waals surface area contributed by atoms with Gasteiger partial charge in [0.25, 0.3) is 0 Å². The van der Waals surface area contributed by atoms with Crippen LogP contribution in [0.25, 0.3) is 0 Å². The minimum Gasteiger partial charge on any atom is -0.453 e. The second-order valence-electron chi connectivity index (χ2n) is 4.06. The molecule has 0 bridgehead atoms. The van der Waals surface area contributed by atoms with Gasteiger partial charge in [0, 0.05) is 27.7 Å². The zero-order valence-corrected chi connectivity index (χ0v) is 11.7. The summed E-state index contributed by atoms with van der Waals surface area (Å²) in [4.78, 5) is 13.7. The van der Waals surface area contributed by atoms with Crippen LogP contribution in [0.4, 0.5) is 16.2 Å². The predicted molar refractivity (Wildman–Crippen MR) is 78.9 cm³/mol. The van der Waals surface area contributed by atoms with Crippen molar-refractivity contribution in [2.75, 3.05) is 17.7 Å². The van der Waals surface area contributed by atoms with Gasteiger partial charge in [0.05, 0.1) is 7.11 Å². The standard InChI is InChI=1S/C14H16N2O2S/c1-10-6-7-13(19-10)9-15-11-4-3-5-12(8-11)16-14(17)18-2/h3-8,15H,9H2,1-2H3,(H,16,17). The Morgan fingerprint density at radius 2 is 2.05 bits per heavy atom. The molecule has 0 saturated carbocycles. The molecule has 1 aromatic carbocycles. The molecule has 0 radical (unpaired) electrons. The summed E-state index contributed by atoms with van der Waals surface area (Å²) >= 11 is 1.77. The molecule has 0 atom stereocenters. The predicted octanol–water partition coefficient (Wildman–Crippen LogP) is 3.85. The number of aryl methyl sites for hydroxylation is 1. The quantitative estimate of drug-likeness (QED) is 0.892. The van der Waals surface area contributed by atoms with E-state index in [0.717, 1.165) is 12.2 Å². The summed E-state index contributed by atoms with van der Waals surface area (Å²) in [6.45, 7) is 2.87. The first-order valence-corrected chi connectivity index (χ1v) is 6.73. The lowest BCUT2D eigenvalue weighted by molar-refractivity contribution is 0.187. The van der Waals surface area contributed by atoms with Crippen LogP contribution in [0.15, 0.2) is 36.4 Å². The van der Waals surface area contributed by atoms with Crippen LogP contribution >= 0.6 is 11.3 Å². The van der Waals surface area contributed by atoms with Crippen molar-refractivity contribution < 1.29 is 9.53 Å². The van der Waals surface area contributed by atoms with Crippen molar-refractivity contribution in [1.82, 2.24) is 0 Å². The van der Waals surface area contributed by atoms with Crippen molar-refractivity contribution in [3.8, 4) is 0 Å². The summed E-state index contributed by atoms with van der Waals surface area (Å²) in [5, 5.41) is 5.96. The Morgan fingerprint density at radius 1 is 1.26 bits per heavy atom. The largest absolute Gasteiger partial charge is 0.453 e. The lowest BCUT2D eigenvalue weighted by Gasteiger charge is -2.08. The maximum atomic E-state index is 11.1. The zero-order valence-electron chi connectivity index (χ0n) is 10.9. The number of ether oxygens (including phenoxy) is 1. The van der Waals surface area contributed by atoms with Gasteiger partial charge in [0.2, 0.25) is 0 Å². The number of nitrogens with one attached hydrogen (secondary N) is 2. The van der Waals surface area contributed by atoms with Crippen LogP contribution in [0.2, 0.25) is 0 Å². The van der Waals surface area contributed by atoms with E-state index >= 15 is 0 Å². The molecular formula is C14H16N2O2S. The number of thiophene rings is 1. The van der Waals surface area contributed by atoms with Gasteiger partial charge in [-0.15, -0.1) is 11.3 Å². The number of hydrogen-bond donors (Lipinski definition) is 2. The molecule has 4 nitrogen and oxygen atoms in total. The summed E-state index contributed by atoms with van der Waals surface area (Å²) in [7, 11) is 1.34. The average molecular weight is 276 g/mol. The summed E-state index contributed by atoms with van der Waals surface area (Å²) in [6, 6.07) is 11.8. The van der Waals surface area contributed by atoms with Crippen LogP contribution in [0.3, 0.4) is 0 Å². The third-order valence-electron chi connectivity index (χ3n) is 2.56. The van der Waals surface area contributed by atoms with E-state index in [-0.39, 0.29) is 0 Å². The smallest absolute Gasteiger partial charge is 0.411 e. The van der Waals surface area contributed by atoms with Crippen LogP contribution in [0, 0.1) is 6.92 Å². The van der Waals surface area contributed by atoms with Gasteiger partial charge in [-0.25, -0.2) is 4.79 Å². The number of benzene rings is 1. The van der Waals surface area contributed by atoms with Crippen LogP contribution in [0.1, 0.15) is 9.75 Å². The van der Waals surface area contributed by atoms with E-state index in [9.17, 15) is 4.79 Å². The molecule has 100 valence electrons. The summed E-state index contributed by atoms with van der Waals surface area (Å²) < 4.78 is 4.56. The molecule has 1 aromatic heterocycles. The first kappa shape index (κ1) is 13.4. The van der Waals surface area contributed by atoms with Gasteiger partial charge in [0.1, 0.15) is 0 Å². The Hall–Kier alpha value is -2.01. The highest BCUT2D eigenvalue weighted by molar-refractivity contribution is 7.11. The van der Waals surface area contributed by atoms with E-state index in [4.69, 9.17) is 0 Å². The number of anilines is 2. The van der Waals surface area contributed by atoms with Crippen molar-refractivity contribution in [2.45, 2.75) is 13.5 Å². The molecule has 0 unspecified atom stereocenters. The molecule has 0 aliphatic carbocycles. The Morgan fingerprint density at radius 3 is 2.74 bits per heavy atom. The second-order valence-corrected chi connectivity index (χ2v) is 5.44. The van der Waals surface area contributed by atoms with E-state index in [1.54, 1.807) is 11.3 Å². The minimum atomic E-state index is -0.467. The SMILES string of the molecule is COC(=O)Nc1cccc(NCc2ccc(C)s2)c1. The number of rotatable bonds is 4. The first-order valence-electron chi connectivity index (χ1n) is 5.91. The molecule has 1 amide bonds. The van der Waals surface area contributed by atoms with Gasteiger partial charge in [-0.05, 0) is 37.3 Å². The summed E-state index contributed by atoms with van der Waals surface area (Å²) in [6.07, 6.45) is -0.467. The fraction of sp³-hybridized carbons (Fsp3) is 0.214. The van der Waals surface area contributed by atoms with Gasteiger partial charge >= 0.3 is 6.09 Å². The summed E-state index contributed by atoms with van der Waals surface area (Å²) in [5.41, 5.74) is 1.67. The molecule has 0 spiro atoms. The molecule has 2 N–H and O–H groups in total. The lowest BCUT2D eigenvalue weighted by Crippen LogP contribution is -2.11. The number of methoxy groups -OCH3 is 1. The van der Waals surface area contributed by atoms with Gasteiger partial charge in [-0.3, -0.25) is 5.32 Å². The number of amides is 1. The van der Waals surface area contributed by atoms with Gasteiger partial charge in [-0.1, -0.05) is 6.07 Å². The van der Waals surface area contributed by atoms with Gasteiger partial charge < -0.3 is 10.1 Å². The monoisotopic (exact) mass is 276 g/mol. The summed E-state index contributed by atoms with van der Waals surface area (Å²) in [5.74, 6) is 0. The Balaban J connectivity index is 1.97. The number of carbonyl (C=O) groups is 1. The number of hydrogen-bond acceptors (Lipinski definition) is 4. The maximum Gasteiger partial charge on any atom is 0.411 e. The highest BCUT2D eigenvalue weighted by atomic mass is 32.1. The molecule has 2 aromatic rings. The molecule has 19 heavy (non-hydrogen) atoms. The fourth-order valence-corrected chi connectivity index (χ4v) is 2.48. The van der Waals surface area contributed by atoms with E-state index in [2.05, 4.69) is 34.4 Å². The van der Waals surface area contributed by atoms with Crippen molar-refractivity contribution in [3.63, 3.8) is 0 Å². The minimum absolute atomic E-state index is 0.467. The molecular weight excluding hydrogens is 260 g/mol. The zero-order chi connectivity index (χ0) is 13.7. The normalized spacial score (nSPS) is 10.0. The maximum absolute atomic E-state index is 11.1. The molecule has 0 fully saturated rings. The van der Waals surface area contributed by atoms with Crippen molar-refractivity contribution >= 4 is 28.8 Å². The van der Waals surface area contributed by atoms with E-state index in [1.165, 1.54) is 16.9 Å². The van der Waals surface area contributed by atoms with Crippen LogP contribution in [-0.4, -0.2) is 13.2 Å². The Bertz CT molecular complexity index is 566. The first-order chi connectivity index (χ1) is 9.17. The Labute approximate surface area is 116 Å². The molecule has 0 aliphatic heterocycles. The second kappa shape index (κ2) is 6.24. The Kier molecular flexibility index (Phi) is 4.41. The van der Waals surface area contributed by atoms with Gasteiger partial charge in [0.15, 0.2) is 0 Å². The third-order valence-corrected chi connectivity index (χ3v) is 3.56. The molecule has 2 rings (SSSR count). The van der Waals surface area contributed by atoms with E-state index < -0.39 is 6.09 Å². The fourth-order valence-electron chi connectivity index (χ4n) is 1.65. The topological polar surface area (TPSA) is 50.4 Å². The average Bonchev–Trinajstić information content (AvgIpc) is 2.82. The molecule has 1 heterocycles. The lowest BCUT2D eigenvalue weighted by atomic mass is 10.2. The van der Waals surface area contributed by atoms with Gasteiger partial charge in [-0.2, -0.15) is 0 Å². The molecule has 5 heteroatoms. The van der Waals surface area contributed by atoms with Crippen LogP contribution in [-0.2, 0) is 11.3 Å². The van der Waals surface area contributed by atoms with Crippen molar-refractivity contribution in [3.05, 3.63) is 46.2 Å². The third kappa shape index (κ3) is 3.99. The van der Waals surface area contributed by atoms with Crippen molar-refractivity contribution in [2.24, 2.45) is 0 Å².